The number of fused-ring (bicyclic) bond motifs is 8. The van der Waals surface area contributed by atoms with Gasteiger partial charge in [-0.2, -0.15) is 0 Å². The Labute approximate surface area is 383 Å². The van der Waals surface area contributed by atoms with Gasteiger partial charge in [-0.3, -0.25) is 9.98 Å². The second-order valence-electron chi connectivity index (χ2n) is 15.0. The number of hydrogen-bond donors (Lipinski definition) is 4. The van der Waals surface area contributed by atoms with E-state index >= 15 is 0 Å². The van der Waals surface area contributed by atoms with Gasteiger partial charge < -0.3 is 30.4 Å². The minimum atomic E-state index is -1.15. The van der Waals surface area contributed by atoms with Crippen molar-refractivity contribution in [2.24, 2.45) is 21.8 Å². The van der Waals surface area contributed by atoms with Crippen LogP contribution in [0.4, 0.5) is 0 Å². The number of allylic oxidation sites excluding steroid dienone is 4. The number of aromatic amines is 2. The number of aliphatic imine (C=N–C) groups is 2. The standard InChI is InChI=1S/C44H52N6O6.2Na/c1-11-27-23(7)31-17-32-25(9)29(13-15-39(51)49-41(21(3)4)43(53)54)37(47-32)20-38-30(14-16-40(52)50-42(22(5)6)44(55)56)26(10)34(48-38)19-36-28(12-2)24(8)33(46-36)18-35(27)45-31;;/h11-12,17-22,41-42,45-46H,1-2,13-16H2,3-10H3,(H,49,51)(H,50,52)(H,53,54)(H,55,56);;/q;2*+1/p-2/t41-,42-;;/m0../s1. The molecule has 14 heteroatoms. The Balaban J connectivity index is 0.00000450. The Morgan fingerprint density at radius 2 is 1.02 bits per heavy atom. The molecule has 3 aromatic rings. The molecule has 294 valence electrons. The number of aliphatic carboxylic acids is 2. The molecule has 0 spiro atoms. The van der Waals surface area contributed by atoms with Crippen LogP contribution in [0.1, 0.15) is 112 Å². The third kappa shape index (κ3) is 10.4. The molecule has 0 aliphatic carbocycles. The van der Waals surface area contributed by atoms with E-state index in [4.69, 9.17) is 9.97 Å². The zero-order valence-electron chi connectivity index (χ0n) is 35.3. The molecule has 58 heavy (non-hydrogen) atoms. The van der Waals surface area contributed by atoms with Crippen LogP contribution in [-0.4, -0.2) is 66.0 Å². The van der Waals surface area contributed by atoms with E-state index in [9.17, 15) is 30.0 Å². The molecule has 5 heterocycles. The average Bonchev–Trinajstić information content (AvgIpc) is 3.79. The van der Waals surface area contributed by atoms with Crippen molar-refractivity contribution < 1.29 is 89.1 Å². The number of nitrogens with one attached hydrogen (secondary N) is 2. The molecule has 0 amide bonds. The summed E-state index contributed by atoms with van der Waals surface area (Å²) >= 11 is 0. The normalized spacial score (nSPS) is 14.3. The summed E-state index contributed by atoms with van der Waals surface area (Å²) in [7, 11) is 0. The summed E-state index contributed by atoms with van der Waals surface area (Å²) in [6.45, 7) is 22.9. The molecule has 2 aliphatic rings. The number of carboxylic acid groups (broad SMARTS) is 2. The predicted molar refractivity (Wildman–Crippen MR) is 221 cm³/mol. The third-order valence-corrected chi connectivity index (χ3v) is 10.6. The number of hydrogen-bond acceptors (Lipinski definition) is 8. The Kier molecular flexibility index (Phi) is 16.9. The SMILES string of the molecule is C=Cc1c(C)c2cc3[nH]c(cc4nc(cc5nc(cc1[nH]2)C(C)=C5CCC([O-])=N[C@H](C(=O)O)C(C)C)C(CCC([O-])=N[C@H](C(=O)O)C(C)C)=C4C)c(C)c3C=C.[Na+].[Na+]. The van der Waals surface area contributed by atoms with Crippen LogP contribution in [0.2, 0.25) is 0 Å². The molecule has 0 saturated heterocycles. The summed E-state index contributed by atoms with van der Waals surface area (Å²) in [4.78, 5) is 48.9. The Morgan fingerprint density at radius 3 is 1.38 bits per heavy atom. The molecule has 0 saturated carbocycles. The van der Waals surface area contributed by atoms with Gasteiger partial charge in [-0.1, -0.05) is 53.0 Å². The molecular formula is C44H50N6Na2O6. The second kappa shape index (κ2) is 20.3. The van der Waals surface area contributed by atoms with Crippen LogP contribution >= 0.6 is 0 Å². The van der Waals surface area contributed by atoms with E-state index in [1.807, 2.05) is 58.0 Å². The number of aryl methyl sites for hydroxylation is 2. The molecule has 0 unspecified atom stereocenters. The number of aromatic nitrogens is 4. The number of carbonyl (C=O) groups is 2. The van der Waals surface area contributed by atoms with E-state index in [1.165, 1.54) is 0 Å². The van der Waals surface area contributed by atoms with Gasteiger partial charge in [-0.15, -0.1) is 0 Å². The first kappa shape index (κ1) is 48.3. The summed E-state index contributed by atoms with van der Waals surface area (Å²) in [5, 5.41) is 45.5. The van der Waals surface area contributed by atoms with Crippen molar-refractivity contribution in [3.8, 4) is 0 Å². The quantitative estimate of drug-likeness (QED) is 0.106. The smallest absolute Gasteiger partial charge is 0.862 e. The van der Waals surface area contributed by atoms with Crippen molar-refractivity contribution in [2.75, 3.05) is 0 Å². The van der Waals surface area contributed by atoms with Crippen LogP contribution in [-0.2, 0) is 9.59 Å². The van der Waals surface area contributed by atoms with Gasteiger partial charge >= 0.3 is 71.1 Å². The van der Waals surface area contributed by atoms with E-state index in [0.717, 1.165) is 66.6 Å². The topological polar surface area (TPSA) is 203 Å². The number of rotatable bonds is 14. The van der Waals surface area contributed by atoms with Crippen LogP contribution in [0.3, 0.4) is 0 Å². The van der Waals surface area contributed by atoms with Crippen molar-refractivity contribution >= 4 is 80.2 Å². The predicted octanol–water partition coefficient (Wildman–Crippen LogP) is 1.38. The van der Waals surface area contributed by atoms with Crippen molar-refractivity contribution in [1.82, 2.24) is 19.9 Å². The van der Waals surface area contributed by atoms with Gasteiger partial charge in [-0.25, -0.2) is 19.6 Å². The van der Waals surface area contributed by atoms with Crippen molar-refractivity contribution in [3.05, 3.63) is 82.5 Å². The van der Waals surface area contributed by atoms with Crippen LogP contribution in [0.5, 0.6) is 0 Å². The first-order chi connectivity index (χ1) is 26.4. The zero-order chi connectivity index (χ0) is 41.2. The van der Waals surface area contributed by atoms with Crippen LogP contribution < -0.4 is 69.3 Å². The maximum atomic E-state index is 13.1. The van der Waals surface area contributed by atoms with E-state index in [0.29, 0.717) is 22.8 Å². The Hall–Kier alpha value is -4.04. The van der Waals surface area contributed by atoms with E-state index in [1.54, 1.807) is 33.8 Å². The maximum absolute atomic E-state index is 13.1. The van der Waals surface area contributed by atoms with Crippen LogP contribution in [0.15, 0.2) is 47.4 Å². The Morgan fingerprint density at radius 1 is 0.655 bits per heavy atom. The molecule has 0 aromatic carbocycles. The average molecular weight is 805 g/mol. The van der Waals surface area contributed by atoms with Gasteiger partial charge in [0.05, 0.1) is 22.8 Å². The summed E-state index contributed by atoms with van der Waals surface area (Å²) in [6, 6.07) is 5.52. The van der Waals surface area contributed by atoms with Gasteiger partial charge in [0.25, 0.3) is 0 Å². The molecule has 0 radical (unpaired) electrons. The van der Waals surface area contributed by atoms with Gasteiger partial charge in [0.15, 0.2) is 0 Å². The van der Waals surface area contributed by atoms with Gasteiger partial charge in [-0.05, 0) is 135 Å². The fourth-order valence-electron chi connectivity index (χ4n) is 7.18. The maximum Gasteiger partial charge on any atom is 1.00 e. The fraction of sp³-hybridized carbons (Fsp3) is 0.364. The molecular weight excluding hydrogens is 754 g/mol. The summed E-state index contributed by atoms with van der Waals surface area (Å²) in [5.74, 6) is -4.04. The van der Waals surface area contributed by atoms with Crippen LogP contribution in [0.25, 0.3) is 56.5 Å². The van der Waals surface area contributed by atoms with Crippen molar-refractivity contribution in [1.29, 1.82) is 0 Å². The number of carboxylic acids is 2. The van der Waals surface area contributed by atoms with Gasteiger partial charge in [0.1, 0.15) is 12.1 Å². The fourth-order valence-corrected chi connectivity index (χ4v) is 7.18. The molecule has 0 fully saturated rings. The molecule has 4 N–H and O–H groups in total. The summed E-state index contributed by atoms with van der Waals surface area (Å²) in [5.41, 5.74) is 12.9. The summed E-state index contributed by atoms with van der Waals surface area (Å²) in [6.07, 6.45) is 4.05. The van der Waals surface area contributed by atoms with E-state index in [-0.39, 0.29) is 96.6 Å². The number of H-pyrrole nitrogens is 2. The molecule has 12 nitrogen and oxygen atoms in total. The largest absolute Gasteiger partial charge is 1.00 e. The molecule has 2 atom stereocenters. The minimum Gasteiger partial charge on any atom is -0.862 e. The molecule has 2 aliphatic heterocycles. The zero-order valence-corrected chi connectivity index (χ0v) is 39.3. The van der Waals surface area contributed by atoms with Gasteiger partial charge in [0.2, 0.25) is 0 Å². The first-order valence-electron chi connectivity index (χ1n) is 18.8. The molecule has 5 rings (SSSR count). The van der Waals surface area contributed by atoms with Crippen molar-refractivity contribution in [3.63, 3.8) is 0 Å². The Bertz CT molecular complexity index is 2420. The number of nitrogens with zero attached hydrogens (tertiary/aromatic N) is 4. The van der Waals surface area contributed by atoms with Gasteiger partial charge in [0, 0.05) is 33.2 Å². The van der Waals surface area contributed by atoms with Crippen molar-refractivity contribution in [2.45, 2.75) is 93.2 Å². The van der Waals surface area contributed by atoms with Crippen LogP contribution in [0, 0.1) is 25.7 Å². The molecule has 8 bridgehead atoms. The molecule has 3 aromatic heterocycles. The summed E-state index contributed by atoms with van der Waals surface area (Å²) < 4.78 is 0. The first-order valence-corrected chi connectivity index (χ1v) is 18.8. The third-order valence-electron chi connectivity index (χ3n) is 10.6. The minimum absolute atomic E-state index is 0. The van der Waals surface area contributed by atoms with E-state index < -0.39 is 35.8 Å². The van der Waals surface area contributed by atoms with E-state index in [2.05, 4.69) is 33.1 Å². The monoisotopic (exact) mass is 804 g/mol. The second-order valence-corrected chi connectivity index (χ2v) is 15.0.